The van der Waals surface area contributed by atoms with Crippen molar-refractivity contribution in [2.45, 2.75) is 41.4 Å². The van der Waals surface area contributed by atoms with Crippen LogP contribution in [0.1, 0.15) is 36.8 Å². The molecule has 0 saturated heterocycles. The number of hydrogen-bond donors (Lipinski definition) is 0. The quantitative estimate of drug-likeness (QED) is 0.527. The van der Waals surface area contributed by atoms with Gasteiger partial charge < -0.3 is 0 Å². The number of alkyl halides is 1. The molecule has 3 rings (SSSR count). The van der Waals surface area contributed by atoms with Crippen molar-refractivity contribution in [1.29, 1.82) is 0 Å². The van der Waals surface area contributed by atoms with Crippen LogP contribution < -0.4 is 0 Å². The number of carbonyl (C=O) groups is 1. The van der Waals surface area contributed by atoms with Gasteiger partial charge in [0.05, 0.1) is 5.41 Å². The summed E-state index contributed by atoms with van der Waals surface area (Å²) >= 11 is 2.50. The topological polar surface area (TPSA) is 17.1 Å². The van der Waals surface area contributed by atoms with Crippen molar-refractivity contribution < 1.29 is 4.79 Å². The third-order valence-electron chi connectivity index (χ3n) is 4.17. The fraction of sp³-hybridized carbons (Fsp3) is 0.500. The summed E-state index contributed by atoms with van der Waals surface area (Å²) in [6.45, 7) is 0. The molecule has 2 aliphatic rings. The molecule has 1 spiro atoms. The Morgan fingerprint density at radius 1 is 1.25 bits per heavy atom. The van der Waals surface area contributed by atoms with Crippen LogP contribution in [0.25, 0.3) is 0 Å². The van der Waals surface area contributed by atoms with Gasteiger partial charge in [0.1, 0.15) is 5.78 Å². The van der Waals surface area contributed by atoms with E-state index in [1.807, 2.05) is 0 Å². The molecule has 0 heterocycles. The van der Waals surface area contributed by atoms with Crippen molar-refractivity contribution in [2.75, 3.05) is 0 Å². The number of benzene rings is 1. The standard InChI is InChI=1S/C14H15IO/c15-12-8-7-10-4-1-2-5-11(10)14(12)9-3-6-13(14)16/h1-2,4-5,12H,3,6-9H2/t12-,14+/m0/s1. The van der Waals surface area contributed by atoms with Gasteiger partial charge in [-0.25, -0.2) is 0 Å². The molecule has 0 aliphatic heterocycles. The first-order chi connectivity index (χ1) is 7.75. The number of ketones is 1. The Morgan fingerprint density at radius 3 is 2.81 bits per heavy atom. The Kier molecular flexibility index (Phi) is 2.57. The second kappa shape index (κ2) is 3.83. The molecule has 1 aromatic carbocycles. The molecular formula is C14H15IO. The SMILES string of the molecule is O=C1CCC[C@]12c1ccccc1CC[C@@H]2I. The summed E-state index contributed by atoms with van der Waals surface area (Å²) in [6.07, 6.45) is 5.22. The molecule has 2 heteroatoms. The third kappa shape index (κ3) is 1.31. The summed E-state index contributed by atoms with van der Waals surface area (Å²) in [4.78, 5) is 12.3. The predicted octanol–water partition coefficient (Wildman–Crippen LogP) is 3.43. The Bertz CT molecular complexity index is 440. The Balaban J connectivity index is 2.20. The molecule has 16 heavy (non-hydrogen) atoms. The Hall–Kier alpha value is -0.380. The highest BCUT2D eigenvalue weighted by Gasteiger charge is 2.50. The average Bonchev–Trinajstić information content (AvgIpc) is 2.68. The van der Waals surface area contributed by atoms with E-state index >= 15 is 0 Å². The number of fused-ring (bicyclic) bond motifs is 2. The van der Waals surface area contributed by atoms with Gasteiger partial charge in [-0.1, -0.05) is 46.9 Å². The van der Waals surface area contributed by atoms with Crippen LogP contribution in [-0.4, -0.2) is 9.71 Å². The summed E-state index contributed by atoms with van der Waals surface area (Å²) in [5.41, 5.74) is 2.61. The van der Waals surface area contributed by atoms with Crippen molar-refractivity contribution in [1.82, 2.24) is 0 Å². The van der Waals surface area contributed by atoms with Gasteiger partial charge in [0.25, 0.3) is 0 Å². The summed E-state index contributed by atoms with van der Waals surface area (Å²) < 4.78 is 0.495. The first-order valence-corrected chi connectivity index (χ1v) is 7.25. The van der Waals surface area contributed by atoms with E-state index in [9.17, 15) is 4.79 Å². The maximum absolute atomic E-state index is 12.3. The molecule has 0 radical (unpaired) electrons. The summed E-state index contributed by atoms with van der Waals surface area (Å²) in [6, 6.07) is 8.56. The van der Waals surface area contributed by atoms with Gasteiger partial charge in [-0.3, -0.25) is 4.79 Å². The van der Waals surface area contributed by atoms with Crippen LogP contribution in [0.2, 0.25) is 0 Å². The number of rotatable bonds is 0. The fourth-order valence-corrected chi connectivity index (χ4v) is 4.68. The van der Waals surface area contributed by atoms with Crippen LogP contribution in [0.4, 0.5) is 0 Å². The van der Waals surface area contributed by atoms with Crippen LogP contribution in [0, 0.1) is 0 Å². The summed E-state index contributed by atoms with van der Waals surface area (Å²) in [7, 11) is 0. The molecule has 0 aromatic heterocycles. The van der Waals surface area contributed by atoms with Crippen molar-refractivity contribution in [3.05, 3.63) is 35.4 Å². The number of Topliss-reactive ketones (excluding diaryl/α,β-unsaturated/α-hetero) is 1. The third-order valence-corrected chi connectivity index (χ3v) is 5.86. The molecule has 1 aromatic rings. The van der Waals surface area contributed by atoms with Gasteiger partial charge in [-0.15, -0.1) is 0 Å². The molecule has 0 bridgehead atoms. The van der Waals surface area contributed by atoms with Crippen LogP contribution in [0.15, 0.2) is 24.3 Å². The van der Waals surface area contributed by atoms with Gasteiger partial charge in [0, 0.05) is 10.3 Å². The number of aryl methyl sites for hydroxylation is 1. The molecule has 2 atom stereocenters. The van der Waals surface area contributed by atoms with Gasteiger partial charge >= 0.3 is 0 Å². The van der Waals surface area contributed by atoms with E-state index in [1.165, 1.54) is 11.1 Å². The van der Waals surface area contributed by atoms with E-state index < -0.39 is 0 Å². The molecule has 84 valence electrons. The summed E-state index contributed by atoms with van der Waals surface area (Å²) in [5, 5.41) is 0. The first-order valence-electron chi connectivity index (χ1n) is 6.01. The molecule has 1 nitrogen and oxygen atoms in total. The molecule has 1 saturated carbocycles. The van der Waals surface area contributed by atoms with Gasteiger partial charge in [0.15, 0.2) is 0 Å². The van der Waals surface area contributed by atoms with E-state index in [1.54, 1.807) is 0 Å². The maximum atomic E-state index is 12.3. The van der Waals surface area contributed by atoms with E-state index in [2.05, 4.69) is 46.9 Å². The van der Waals surface area contributed by atoms with E-state index in [-0.39, 0.29) is 5.41 Å². The van der Waals surface area contributed by atoms with Crippen LogP contribution in [0.3, 0.4) is 0 Å². The highest BCUT2D eigenvalue weighted by molar-refractivity contribution is 14.1. The Morgan fingerprint density at radius 2 is 2.06 bits per heavy atom. The number of halogens is 1. The minimum atomic E-state index is -0.130. The van der Waals surface area contributed by atoms with E-state index in [0.29, 0.717) is 9.71 Å². The molecule has 0 N–H and O–H groups in total. The highest BCUT2D eigenvalue weighted by atomic mass is 127. The van der Waals surface area contributed by atoms with E-state index in [4.69, 9.17) is 0 Å². The smallest absolute Gasteiger partial charge is 0.144 e. The zero-order valence-corrected chi connectivity index (χ0v) is 11.4. The summed E-state index contributed by atoms with van der Waals surface area (Å²) in [5.74, 6) is 0.485. The predicted molar refractivity (Wildman–Crippen MR) is 73.1 cm³/mol. The zero-order chi connectivity index (χ0) is 11.2. The zero-order valence-electron chi connectivity index (χ0n) is 9.21. The molecular weight excluding hydrogens is 311 g/mol. The van der Waals surface area contributed by atoms with Crippen molar-refractivity contribution in [3.8, 4) is 0 Å². The number of hydrogen-bond acceptors (Lipinski definition) is 1. The maximum Gasteiger partial charge on any atom is 0.144 e. The van der Waals surface area contributed by atoms with Crippen LogP contribution in [-0.2, 0) is 16.6 Å². The monoisotopic (exact) mass is 326 g/mol. The molecule has 1 fully saturated rings. The minimum Gasteiger partial charge on any atom is -0.299 e. The van der Waals surface area contributed by atoms with Gasteiger partial charge in [0.2, 0.25) is 0 Å². The van der Waals surface area contributed by atoms with Gasteiger partial charge in [-0.05, 0) is 36.8 Å². The first kappa shape index (κ1) is 10.8. The van der Waals surface area contributed by atoms with Crippen LogP contribution in [0.5, 0.6) is 0 Å². The second-order valence-corrected chi connectivity index (χ2v) is 6.42. The molecule has 2 aliphatic carbocycles. The lowest BCUT2D eigenvalue weighted by molar-refractivity contribution is -0.122. The second-order valence-electron chi connectivity index (χ2n) is 4.91. The average molecular weight is 326 g/mol. The van der Waals surface area contributed by atoms with Crippen molar-refractivity contribution in [2.24, 2.45) is 0 Å². The van der Waals surface area contributed by atoms with E-state index in [0.717, 1.165) is 32.1 Å². The van der Waals surface area contributed by atoms with Crippen LogP contribution >= 0.6 is 22.6 Å². The lowest BCUT2D eigenvalue weighted by Gasteiger charge is -2.39. The van der Waals surface area contributed by atoms with Crippen molar-refractivity contribution >= 4 is 28.4 Å². The molecule has 0 unspecified atom stereocenters. The number of carbonyl (C=O) groups excluding carboxylic acids is 1. The molecule has 0 amide bonds. The van der Waals surface area contributed by atoms with Crippen molar-refractivity contribution in [3.63, 3.8) is 0 Å². The fourth-order valence-electron chi connectivity index (χ4n) is 3.38. The lowest BCUT2D eigenvalue weighted by Crippen LogP contribution is -2.43. The largest absolute Gasteiger partial charge is 0.299 e. The highest BCUT2D eigenvalue weighted by Crippen LogP contribution is 2.49. The normalized spacial score (nSPS) is 33.1. The Labute approximate surface area is 110 Å². The minimum absolute atomic E-state index is 0.130. The lowest BCUT2D eigenvalue weighted by atomic mass is 9.68. The van der Waals surface area contributed by atoms with Gasteiger partial charge in [-0.2, -0.15) is 0 Å².